The first-order valence-corrected chi connectivity index (χ1v) is 6.66. The lowest BCUT2D eigenvalue weighted by Crippen LogP contribution is -2.07. The molecule has 4 heteroatoms. The van der Waals surface area contributed by atoms with E-state index >= 15 is 0 Å². The number of fused-ring (bicyclic) bond motifs is 1. The lowest BCUT2D eigenvalue weighted by atomic mass is 10.1. The quantitative estimate of drug-likeness (QED) is 0.713. The summed E-state index contributed by atoms with van der Waals surface area (Å²) < 4.78 is 0. The van der Waals surface area contributed by atoms with E-state index in [-0.39, 0.29) is 5.91 Å². The van der Waals surface area contributed by atoms with Gasteiger partial charge < -0.3 is 16.4 Å². The molecule has 1 fully saturated rings. The second-order valence-corrected chi connectivity index (χ2v) is 5.36. The average molecular weight is 245 g/mol. The van der Waals surface area contributed by atoms with Crippen LogP contribution >= 0.6 is 0 Å². The zero-order valence-corrected chi connectivity index (χ0v) is 10.6. The van der Waals surface area contributed by atoms with Gasteiger partial charge in [-0.3, -0.25) is 4.79 Å². The number of amides is 1. The molecule has 1 aliphatic heterocycles. The predicted octanol–water partition coefficient (Wildman–Crippen LogP) is 2.36. The minimum Gasteiger partial charge on any atom is -0.397 e. The van der Waals surface area contributed by atoms with Crippen LogP contribution in [0.1, 0.15) is 31.7 Å². The first-order valence-electron chi connectivity index (χ1n) is 6.66. The van der Waals surface area contributed by atoms with Gasteiger partial charge in [-0.25, -0.2) is 0 Å². The Hall–Kier alpha value is -1.71. The molecule has 1 aliphatic carbocycles. The fraction of sp³-hybridized carbons (Fsp3) is 0.500. The molecular weight excluding hydrogens is 226 g/mol. The third-order valence-electron chi connectivity index (χ3n) is 3.82. The van der Waals surface area contributed by atoms with E-state index in [9.17, 15) is 4.79 Å². The van der Waals surface area contributed by atoms with Crippen LogP contribution in [0.25, 0.3) is 0 Å². The van der Waals surface area contributed by atoms with Gasteiger partial charge in [0.2, 0.25) is 5.91 Å². The van der Waals surface area contributed by atoms with Gasteiger partial charge in [-0.15, -0.1) is 0 Å². The van der Waals surface area contributed by atoms with Gasteiger partial charge in [-0.05, 0) is 36.5 Å². The number of nitrogens with one attached hydrogen (secondary N) is 2. The Bertz CT molecular complexity index is 498. The minimum atomic E-state index is 0.0526. The molecule has 96 valence electrons. The maximum atomic E-state index is 11.3. The summed E-state index contributed by atoms with van der Waals surface area (Å²) >= 11 is 0. The number of nitrogen functional groups attached to an aromatic ring is 1. The minimum absolute atomic E-state index is 0.0526. The maximum absolute atomic E-state index is 11.3. The Balaban J connectivity index is 1.74. The summed E-state index contributed by atoms with van der Waals surface area (Å²) in [4.78, 5) is 11.3. The van der Waals surface area contributed by atoms with Crippen LogP contribution in [0.5, 0.6) is 0 Å². The molecule has 0 bridgehead atoms. The summed E-state index contributed by atoms with van der Waals surface area (Å²) in [7, 11) is 0. The lowest BCUT2D eigenvalue weighted by Gasteiger charge is -2.11. The van der Waals surface area contributed by atoms with Crippen LogP contribution in [-0.2, 0) is 11.2 Å². The van der Waals surface area contributed by atoms with Crippen LogP contribution in [0, 0.1) is 5.92 Å². The third kappa shape index (κ3) is 2.03. The number of hydrogen-bond donors (Lipinski definition) is 3. The van der Waals surface area contributed by atoms with Crippen molar-refractivity contribution >= 4 is 23.0 Å². The Kier molecular flexibility index (Phi) is 2.65. The Morgan fingerprint density at radius 2 is 2.33 bits per heavy atom. The average Bonchev–Trinajstić information content (AvgIpc) is 2.92. The second-order valence-electron chi connectivity index (χ2n) is 5.36. The molecule has 0 aromatic heterocycles. The molecule has 1 amide bonds. The molecule has 0 saturated heterocycles. The number of benzene rings is 1. The van der Waals surface area contributed by atoms with Crippen molar-refractivity contribution in [1.82, 2.24) is 0 Å². The van der Waals surface area contributed by atoms with E-state index in [0.717, 1.165) is 28.5 Å². The summed E-state index contributed by atoms with van der Waals surface area (Å²) in [6, 6.07) is 4.44. The number of nitrogens with two attached hydrogens (primary N) is 1. The molecule has 1 aromatic carbocycles. The summed E-state index contributed by atoms with van der Waals surface area (Å²) in [6.07, 6.45) is 4.19. The largest absolute Gasteiger partial charge is 0.397 e. The Morgan fingerprint density at radius 3 is 3.11 bits per heavy atom. The van der Waals surface area contributed by atoms with E-state index in [1.54, 1.807) is 0 Å². The molecule has 1 aromatic rings. The van der Waals surface area contributed by atoms with E-state index in [2.05, 4.69) is 17.6 Å². The number of rotatable bonds is 4. The van der Waals surface area contributed by atoms with Gasteiger partial charge in [0.05, 0.1) is 17.8 Å². The molecule has 3 rings (SSSR count). The highest BCUT2D eigenvalue weighted by Crippen LogP contribution is 2.40. The van der Waals surface area contributed by atoms with Crippen LogP contribution in [0.3, 0.4) is 0 Å². The van der Waals surface area contributed by atoms with Gasteiger partial charge in [0, 0.05) is 11.7 Å². The number of carbonyl (C=O) groups is 1. The Morgan fingerprint density at radius 1 is 1.50 bits per heavy atom. The highest BCUT2D eigenvalue weighted by Gasteiger charge is 2.36. The van der Waals surface area contributed by atoms with E-state index in [1.807, 2.05) is 12.1 Å². The van der Waals surface area contributed by atoms with Crippen LogP contribution < -0.4 is 16.4 Å². The zero-order valence-electron chi connectivity index (χ0n) is 10.6. The van der Waals surface area contributed by atoms with E-state index in [0.29, 0.717) is 12.5 Å². The van der Waals surface area contributed by atoms with Crippen LogP contribution in [-0.4, -0.2) is 11.9 Å². The molecule has 1 heterocycles. The molecule has 2 aliphatic rings. The van der Waals surface area contributed by atoms with Crippen molar-refractivity contribution in [3.05, 3.63) is 17.7 Å². The molecular formula is C14H19N3O. The highest BCUT2D eigenvalue weighted by atomic mass is 16.1. The molecule has 18 heavy (non-hydrogen) atoms. The fourth-order valence-corrected chi connectivity index (χ4v) is 2.73. The van der Waals surface area contributed by atoms with Crippen LogP contribution in [0.15, 0.2) is 12.1 Å². The maximum Gasteiger partial charge on any atom is 0.228 e. The molecule has 2 unspecified atom stereocenters. The van der Waals surface area contributed by atoms with Crippen molar-refractivity contribution in [3.63, 3.8) is 0 Å². The summed E-state index contributed by atoms with van der Waals surface area (Å²) in [5, 5.41) is 6.35. The predicted molar refractivity (Wildman–Crippen MR) is 73.6 cm³/mol. The summed E-state index contributed by atoms with van der Waals surface area (Å²) in [6.45, 7) is 2.22. The third-order valence-corrected chi connectivity index (χ3v) is 3.82. The lowest BCUT2D eigenvalue weighted by molar-refractivity contribution is -0.115. The van der Waals surface area contributed by atoms with Gasteiger partial charge in [0.25, 0.3) is 0 Å². The van der Waals surface area contributed by atoms with Crippen molar-refractivity contribution in [3.8, 4) is 0 Å². The van der Waals surface area contributed by atoms with Crippen molar-refractivity contribution in [2.75, 3.05) is 16.4 Å². The van der Waals surface area contributed by atoms with Crippen molar-refractivity contribution < 1.29 is 4.79 Å². The second kappa shape index (κ2) is 4.19. The molecule has 0 radical (unpaired) electrons. The number of hydrogen-bond acceptors (Lipinski definition) is 3. The van der Waals surface area contributed by atoms with Gasteiger partial charge >= 0.3 is 0 Å². The topological polar surface area (TPSA) is 67.1 Å². The van der Waals surface area contributed by atoms with Crippen LogP contribution in [0.4, 0.5) is 17.1 Å². The van der Waals surface area contributed by atoms with Gasteiger partial charge in [-0.2, -0.15) is 0 Å². The van der Waals surface area contributed by atoms with Crippen molar-refractivity contribution in [1.29, 1.82) is 0 Å². The molecule has 2 atom stereocenters. The van der Waals surface area contributed by atoms with E-state index in [4.69, 9.17) is 5.73 Å². The first-order chi connectivity index (χ1) is 8.67. The SMILES string of the molecule is CCCC1CC1Nc1cc2c(cc1N)CC(=O)N2. The van der Waals surface area contributed by atoms with Gasteiger partial charge in [-0.1, -0.05) is 13.3 Å². The van der Waals surface area contributed by atoms with Crippen LogP contribution in [0.2, 0.25) is 0 Å². The smallest absolute Gasteiger partial charge is 0.228 e. The van der Waals surface area contributed by atoms with Gasteiger partial charge in [0.1, 0.15) is 0 Å². The van der Waals surface area contributed by atoms with E-state index in [1.165, 1.54) is 19.3 Å². The van der Waals surface area contributed by atoms with E-state index < -0.39 is 0 Å². The number of anilines is 3. The fourth-order valence-electron chi connectivity index (χ4n) is 2.73. The molecule has 1 saturated carbocycles. The van der Waals surface area contributed by atoms with Crippen molar-refractivity contribution in [2.45, 2.75) is 38.6 Å². The normalized spacial score (nSPS) is 24.6. The summed E-state index contributed by atoms with van der Waals surface area (Å²) in [5.41, 5.74) is 9.64. The monoisotopic (exact) mass is 245 g/mol. The molecule has 4 nitrogen and oxygen atoms in total. The number of carbonyl (C=O) groups excluding carboxylic acids is 1. The zero-order chi connectivity index (χ0) is 12.7. The van der Waals surface area contributed by atoms with Crippen molar-refractivity contribution in [2.24, 2.45) is 5.92 Å². The standard InChI is InChI=1S/C14H19N3O/c1-2-3-8-5-11(8)16-13-7-12-9(4-10(13)15)6-14(18)17-12/h4,7-8,11,16H,2-3,5-6,15H2,1H3,(H,17,18). The highest BCUT2D eigenvalue weighted by molar-refractivity contribution is 6.00. The van der Waals surface area contributed by atoms with Gasteiger partial charge in [0.15, 0.2) is 0 Å². The Labute approximate surface area is 107 Å². The summed E-state index contributed by atoms with van der Waals surface area (Å²) in [5.74, 6) is 0.842. The molecule has 4 N–H and O–H groups in total. The molecule has 0 spiro atoms. The first kappa shape index (κ1) is 11.4.